The van der Waals surface area contributed by atoms with Crippen LogP contribution in [0.25, 0.3) is 0 Å². The zero-order chi connectivity index (χ0) is 46.5. The van der Waals surface area contributed by atoms with Gasteiger partial charge in [-0.25, -0.2) is 0 Å². The highest BCUT2D eigenvalue weighted by Gasteiger charge is 2.19. The molecule has 6 heteroatoms. The van der Waals surface area contributed by atoms with E-state index < -0.39 is 6.10 Å². The van der Waals surface area contributed by atoms with E-state index >= 15 is 0 Å². The first-order valence-electron chi connectivity index (χ1n) is 26.7. The average molecular weight is 891 g/mol. The van der Waals surface area contributed by atoms with Gasteiger partial charge in [0.2, 0.25) is 0 Å². The Hall–Kier alpha value is -3.41. The Morgan fingerprint density at radius 2 is 0.625 bits per heavy atom. The number of esters is 3. The van der Waals surface area contributed by atoms with Crippen molar-refractivity contribution in [3.8, 4) is 0 Å². The van der Waals surface area contributed by atoms with Crippen LogP contribution in [0.4, 0.5) is 0 Å². The summed E-state index contributed by atoms with van der Waals surface area (Å²) < 4.78 is 16.8. The van der Waals surface area contributed by atoms with E-state index in [9.17, 15) is 14.4 Å². The molecule has 6 nitrogen and oxygen atoms in total. The largest absolute Gasteiger partial charge is 0.462 e. The molecule has 0 aliphatic carbocycles. The summed E-state index contributed by atoms with van der Waals surface area (Å²) in [7, 11) is 0. The maximum Gasteiger partial charge on any atom is 0.306 e. The minimum Gasteiger partial charge on any atom is -0.462 e. The van der Waals surface area contributed by atoms with Crippen LogP contribution in [0.2, 0.25) is 0 Å². The molecule has 0 heterocycles. The van der Waals surface area contributed by atoms with Crippen LogP contribution in [0.5, 0.6) is 0 Å². The lowest BCUT2D eigenvalue weighted by atomic mass is 10.1. The first kappa shape index (κ1) is 60.6. The van der Waals surface area contributed by atoms with Crippen molar-refractivity contribution in [3.05, 3.63) is 85.1 Å². The van der Waals surface area contributed by atoms with Crippen LogP contribution >= 0.6 is 0 Å². The summed E-state index contributed by atoms with van der Waals surface area (Å²) in [5.41, 5.74) is 0. The molecule has 0 saturated carbocycles. The van der Waals surface area contributed by atoms with E-state index in [1.165, 1.54) is 116 Å². The summed E-state index contributed by atoms with van der Waals surface area (Å²) in [6.45, 7) is 6.42. The summed E-state index contributed by atoms with van der Waals surface area (Å²) in [6, 6.07) is 0. The van der Waals surface area contributed by atoms with Gasteiger partial charge in [-0.3, -0.25) is 14.4 Å². The highest BCUT2D eigenvalue weighted by atomic mass is 16.6. The molecule has 0 amide bonds. The van der Waals surface area contributed by atoms with Crippen molar-refractivity contribution < 1.29 is 28.6 Å². The van der Waals surface area contributed by atoms with Crippen molar-refractivity contribution in [2.45, 2.75) is 252 Å². The molecule has 1 atom stereocenters. The second kappa shape index (κ2) is 52.2. The highest BCUT2D eigenvalue weighted by molar-refractivity contribution is 5.71. The van der Waals surface area contributed by atoms with Crippen molar-refractivity contribution >= 4 is 17.9 Å². The van der Waals surface area contributed by atoms with Crippen LogP contribution in [0.1, 0.15) is 245 Å². The summed E-state index contributed by atoms with van der Waals surface area (Å²) in [4.78, 5) is 38.0. The Morgan fingerprint density at radius 1 is 0.328 bits per heavy atom. The zero-order valence-corrected chi connectivity index (χ0v) is 41.8. The Kier molecular flexibility index (Phi) is 49.4. The van der Waals surface area contributed by atoms with Crippen molar-refractivity contribution in [3.63, 3.8) is 0 Å². The fourth-order valence-corrected chi connectivity index (χ4v) is 7.20. The van der Waals surface area contributed by atoms with Gasteiger partial charge in [-0.2, -0.15) is 0 Å². The summed E-state index contributed by atoms with van der Waals surface area (Å²) in [6.07, 6.45) is 67.0. The standard InChI is InChI=1S/C58H98O6/c1-4-7-10-13-16-19-22-25-27-28-29-30-32-33-36-39-42-45-48-51-57(60)63-54-55(53-62-56(59)50-47-44-41-38-35-24-21-18-15-12-9-6-3)64-58(61)52-49-46-43-40-37-34-31-26-23-20-17-14-11-8-5-2/h8,11,14,16-23,25-26,31,55H,4-7,9-10,12-13,15,24,27-30,32-54H2,1-3H3/b11-8-,17-14-,19-16-,21-18-,23-20-,25-22-,31-26-. The van der Waals surface area contributed by atoms with Crippen LogP contribution in [0, 0.1) is 0 Å². The average Bonchev–Trinajstić information content (AvgIpc) is 3.29. The third-order valence-electron chi connectivity index (χ3n) is 11.2. The van der Waals surface area contributed by atoms with E-state index in [2.05, 4.69) is 87.6 Å². The smallest absolute Gasteiger partial charge is 0.306 e. The lowest BCUT2D eigenvalue weighted by Gasteiger charge is -2.18. The maximum absolute atomic E-state index is 12.8. The number of hydrogen-bond donors (Lipinski definition) is 0. The summed E-state index contributed by atoms with van der Waals surface area (Å²) >= 11 is 0. The number of unbranched alkanes of at least 4 members (excludes halogenated alkanes) is 26. The van der Waals surface area contributed by atoms with E-state index in [1.54, 1.807) is 0 Å². The third-order valence-corrected chi connectivity index (χ3v) is 11.2. The van der Waals surface area contributed by atoms with Gasteiger partial charge in [0.15, 0.2) is 6.10 Å². The molecule has 0 bridgehead atoms. The van der Waals surface area contributed by atoms with Gasteiger partial charge in [0.1, 0.15) is 13.2 Å². The van der Waals surface area contributed by atoms with Gasteiger partial charge in [-0.1, -0.05) is 221 Å². The van der Waals surface area contributed by atoms with Gasteiger partial charge < -0.3 is 14.2 Å². The van der Waals surface area contributed by atoms with E-state index in [4.69, 9.17) is 14.2 Å². The molecule has 0 aromatic heterocycles. The van der Waals surface area contributed by atoms with E-state index in [0.29, 0.717) is 19.3 Å². The Balaban J connectivity index is 4.40. The Bertz CT molecular complexity index is 1250. The van der Waals surface area contributed by atoms with E-state index in [1.807, 2.05) is 18.2 Å². The Labute approximate surface area is 395 Å². The lowest BCUT2D eigenvalue weighted by Crippen LogP contribution is -2.30. The molecule has 64 heavy (non-hydrogen) atoms. The second-order valence-electron chi connectivity index (χ2n) is 17.5. The minimum absolute atomic E-state index is 0.0910. The molecule has 0 N–H and O–H groups in total. The van der Waals surface area contributed by atoms with Gasteiger partial charge >= 0.3 is 17.9 Å². The summed E-state index contributed by atoms with van der Waals surface area (Å²) in [5.74, 6) is -0.926. The molecule has 0 aromatic carbocycles. The molecule has 0 radical (unpaired) electrons. The lowest BCUT2D eigenvalue weighted by molar-refractivity contribution is -0.167. The van der Waals surface area contributed by atoms with Gasteiger partial charge in [0.25, 0.3) is 0 Å². The third kappa shape index (κ3) is 49.6. The first-order valence-corrected chi connectivity index (χ1v) is 26.7. The van der Waals surface area contributed by atoms with Gasteiger partial charge in [-0.05, 0) is 89.9 Å². The number of carbonyl (C=O) groups excluding carboxylic acids is 3. The molecular formula is C58H98O6. The molecule has 0 saturated heterocycles. The van der Waals surface area contributed by atoms with Gasteiger partial charge in [0, 0.05) is 19.3 Å². The molecule has 0 aliphatic rings. The second-order valence-corrected chi connectivity index (χ2v) is 17.5. The highest BCUT2D eigenvalue weighted by Crippen LogP contribution is 2.15. The minimum atomic E-state index is -0.793. The topological polar surface area (TPSA) is 78.9 Å². The SMILES string of the molecule is CC\C=C/C=C\C=C/C=C\CCCCCCCC(=O)OC(COC(=O)CCCCCCC/C=C\CCCCC)COC(=O)CCCCCCCCCCCC/C=C\C=C/CCCCC. The molecule has 0 rings (SSSR count). The number of carbonyl (C=O) groups is 3. The first-order chi connectivity index (χ1) is 31.5. The number of hydrogen-bond acceptors (Lipinski definition) is 6. The van der Waals surface area contributed by atoms with Crippen molar-refractivity contribution in [1.29, 1.82) is 0 Å². The predicted molar refractivity (Wildman–Crippen MR) is 274 cm³/mol. The monoisotopic (exact) mass is 891 g/mol. The molecule has 0 aromatic rings. The normalized spacial score (nSPS) is 12.7. The maximum atomic E-state index is 12.8. The molecule has 1 unspecified atom stereocenters. The predicted octanol–water partition coefficient (Wildman–Crippen LogP) is 17.6. The van der Waals surface area contributed by atoms with Crippen LogP contribution in [0.3, 0.4) is 0 Å². The number of rotatable bonds is 47. The van der Waals surface area contributed by atoms with E-state index in [0.717, 1.165) is 89.9 Å². The molecular weight excluding hydrogens is 793 g/mol. The quantitative estimate of drug-likeness (QED) is 0.0199. The number of ether oxygens (including phenoxy) is 3. The Morgan fingerprint density at radius 3 is 1.02 bits per heavy atom. The van der Waals surface area contributed by atoms with Crippen LogP contribution < -0.4 is 0 Å². The molecule has 0 fully saturated rings. The molecule has 0 spiro atoms. The van der Waals surface area contributed by atoms with Crippen molar-refractivity contribution in [1.82, 2.24) is 0 Å². The summed E-state index contributed by atoms with van der Waals surface area (Å²) in [5, 5.41) is 0. The van der Waals surface area contributed by atoms with Crippen LogP contribution in [-0.2, 0) is 28.6 Å². The van der Waals surface area contributed by atoms with Gasteiger partial charge in [0.05, 0.1) is 0 Å². The van der Waals surface area contributed by atoms with Gasteiger partial charge in [-0.15, -0.1) is 0 Å². The van der Waals surface area contributed by atoms with E-state index in [-0.39, 0.29) is 31.1 Å². The van der Waals surface area contributed by atoms with Crippen LogP contribution in [-0.4, -0.2) is 37.2 Å². The zero-order valence-electron chi connectivity index (χ0n) is 41.8. The number of allylic oxidation sites excluding steroid dienone is 14. The van der Waals surface area contributed by atoms with Crippen molar-refractivity contribution in [2.75, 3.05) is 13.2 Å². The molecule has 366 valence electrons. The fraction of sp³-hybridized carbons (Fsp3) is 0.707. The fourth-order valence-electron chi connectivity index (χ4n) is 7.20. The molecule has 0 aliphatic heterocycles. The van der Waals surface area contributed by atoms with Crippen LogP contribution in [0.15, 0.2) is 85.1 Å². The van der Waals surface area contributed by atoms with Crippen molar-refractivity contribution in [2.24, 2.45) is 0 Å².